The average Bonchev–Trinajstić information content (AvgIpc) is 3.10. The van der Waals surface area contributed by atoms with E-state index < -0.39 is 5.97 Å². The Balaban J connectivity index is 1.55. The number of carboxylic acid groups (broad SMARTS) is 1. The third kappa shape index (κ3) is 9.56. The van der Waals surface area contributed by atoms with Gasteiger partial charge >= 0.3 is 5.97 Å². The molecule has 0 spiro atoms. The second-order valence-electron chi connectivity index (χ2n) is 8.17. The number of carbonyl (C=O) groups is 3. The molecule has 3 N–H and O–H groups in total. The third-order valence-electron chi connectivity index (χ3n) is 5.70. The molecule has 0 bridgehead atoms. The van der Waals surface area contributed by atoms with Gasteiger partial charge < -0.3 is 20.6 Å². The Morgan fingerprint density at radius 2 is 1.59 bits per heavy atom. The number of carboxylic acids is 1. The van der Waals surface area contributed by atoms with Gasteiger partial charge in [-0.1, -0.05) is 0 Å². The standard InChI is InChI=1S/C20H37N5O4/c1-23-11-13-24(14-12-23)15-17-5-4-10-25(17)16-19(27)22-8-2-6-18(26)21-9-3-7-20(28)29/h17H,2-16H2,1H3,(H,21,26)(H,22,27)(H,28,29)/i2+1,6+1,8+1,11+1,12+1,13+1,14+1,15+1,17+1,18+1,20+1,22+1,23+1,25+1. The lowest BCUT2D eigenvalue weighted by Crippen LogP contribution is -2.50. The van der Waals surface area contributed by atoms with Crippen LogP contribution in [0, 0.1) is 0 Å². The van der Waals surface area contributed by atoms with Gasteiger partial charge in [0.2, 0.25) is 11.8 Å². The highest BCUT2D eigenvalue weighted by molar-refractivity contribution is 5.78. The molecule has 2 amide bonds. The first-order valence-electron chi connectivity index (χ1n) is 10.8. The molecule has 9 heteroatoms. The van der Waals surface area contributed by atoms with Crippen molar-refractivity contribution in [2.75, 3.05) is 66.0 Å². The van der Waals surface area contributed by atoms with E-state index in [1.54, 1.807) is 0 Å². The Morgan fingerprint density at radius 3 is 2.28 bits per heavy atom. The minimum Gasteiger partial charge on any atom is -0.481 e. The molecule has 2 aliphatic heterocycles. The number of aliphatic carboxylic acids is 1. The first-order valence-corrected chi connectivity index (χ1v) is 10.8. The van der Waals surface area contributed by atoms with E-state index in [0.717, 1.165) is 52.1 Å². The molecule has 0 aromatic heterocycles. The van der Waals surface area contributed by atoms with Crippen LogP contribution in [0.1, 0.15) is 38.5 Å². The van der Waals surface area contributed by atoms with Crippen molar-refractivity contribution in [3.8, 4) is 0 Å². The minimum absolute atomic E-state index is 0.0251. The van der Waals surface area contributed by atoms with Gasteiger partial charge in [-0.2, -0.15) is 0 Å². The molecule has 0 aromatic rings. The van der Waals surface area contributed by atoms with Gasteiger partial charge in [0.05, 0.1) is 6.54 Å². The van der Waals surface area contributed by atoms with Gasteiger partial charge in [-0.05, 0) is 39.3 Å². The number of hydrogen-bond donors (Lipinski definition) is 3. The molecule has 2 fully saturated rings. The highest BCUT2D eigenvalue weighted by Gasteiger charge is 2.28. The summed E-state index contributed by atoms with van der Waals surface area (Å²) in [5, 5.41) is 14.2. The summed E-state index contributed by atoms with van der Waals surface area (Å²) in [6, 6.07) is 0.459. The number of rotatable bonds is 12. The Bertz CT molecular complexity index is 537. The summed E-state index contributed by atoms with van der Waals surface area (Å²) in [5.74, 6) is -0.931. The van der Waals surface area contributed by atoms with E-state index >= 15 is 0 Å². The summed E-state index contributed by atoms with van der Waals surface area (Å²) in [7, 11) is 2.16. The van der Waals surface area contributed by atoms with Gasteiger partial charge in [0, 0.05) is 64.7 Å². The fourth-order valence-electron chi connectivity index (χ4n) is 3.91. The molecule has 1 unspecified atom stereocenters. The van der Waals surface area contributed by atoms with Gasteiger partial charge in [-0.15, -0.1) is 0 Å². The van der Waals surface area contributed by atoms with Crippen molar-refractivity contribution in [1.29, 1.82) is 0 Å². The van der Waals surface area contributed by atoms with Crippen molar-refractivity contribution in [2.45, 2.75) is 44.6 Å². The van der Waals surface area contributed by atoms with E-state index in [-0.39, 0.29) is 18.2 Å². The topological polar surface area (TPSA) is 105 Å². The Kier molecular flexibility index (Phi) is 10.4. The molecule has 29 heavy (non-hydrogen) atoms. The van der Waals surface area contributed by atoms with Crippen LogP contribution in [0.5, 0.6) is 0 Å². The molecule has 2 rings (SSSR count). The van der Waals surface area contributed by atoms with Gasteiger partial charge in [-0.25, -0.2) is 0 Å². The van der Waals surface area contributed by atoms with E-state index in [1.807, 2.05) is 0 Å². The maximum absolute atomic E-state index is 12.3. The molecule has 166 valence electrons. The Morgan fingerprint density at radius 1 is 0.931 bits per heavy atom. The molecule has 0 saturated carbocycles. The zero-order valence-corrected chi connectivity index (χ0v) is 17.7. The number of piperazine rings is 1. The maximum atomic E-state index is 12.3. The highest BCUT2D eigenvalue weighted by atomic mass is 16.5. The van der Waals surface area contributed by atoms with E-state index in [1.165, 1.54) is 0 Å². The number of hydrogen-bond acceptors (Lipinski definition) is 6. The number of likely N-dealkylation sites (N-methyl/N-ethyl adjacent to an activating group) is 1. The third-order valence-corrected chi connectivity index (χ3v) is 5.70. The lowest BCUT2D eigenvalue weighted by Gasteiger charge is -2.36. The van der Waals surface area contributed by atoms with E-state index in [4.69, 9.17) is 5.11 Å². The Labute approximate surface area is 173 Å². The van der Waals surface area contributed by atoms with Crippen molar-refractivity contribution in [1.82, 2.24) is 25.3 Å². The molecule has 2 heterocycles. The van der Waals surface area contributed by atoms with Crippen LogP contribution in [0.25, 0.3) is 0 Å². The smallest absolute Gasteiger partial charge is 0.303 e. The summed E-state index contributed by atoms with van der Waals surface area (Å²) >= 11 is 0. The van der Waals surface area contributed by atoms with Crippen LogP contribution in [0.2, 0.25) is 0 Å². The van der Waals surface area contributed by atoms with Crippen LogP contribution in [-0.2, 0) is 14.4 Å². The van der Waals surface area contributed by atoms with Crippen molar-refractivity contribution >= 4 is 17.8 Å². The number of nitrogens with zero attached hydrogens (tertiary/aromatic N) is 3. The van der Waals surface area contributed by atoms with E-state index in [9.17, 15) is 14.4 Å². The van der Waals surface area contributed by atoms with Gasteiger partial charge in [0.25, 0.3) is 0 Å². The largest absolute Gasteiger partial charge is 0.481 e. The van der Waals surface area contributed by atoms with Crippen molar-refractivity contribution in [3.63, 3.8) is 0 Å². The summed E-state index contributed by atoms with van der Waals surface area (Å²) in [4.78, 5) is 41.5. The van der Waals surface area contributed by atoms with Gasteiger partial charge in [-0.3, -0.25) is 24.2 Å². The van der Waals surface area contributed by atoms with E-state index in [2.05, 4.69) is 32.4 Å². The second-order valence-corrected chi connectivity index (χ2v) is 8.17. The zero-order valence-electron chi connectivity index (χ0n) is 17.7. The fourth-order valence-corrected chi connectivity index (χ4v) is 3.91. The first-order chi connectivity index (χ1) is 13.9. The maximum Gasteiger partial charge on any atom is 0.303 e. The summed E-state index contributed by atoms with van der Waals surface area (Å²) in [6.07, 6.45) is 3.71. The Hall–Kier alpha value is -1.71. The molecular weight excluding hydrogens is 388 g/mol. The van der Waals surface area contributed by atoms with Crippen LogP contribution < -0.4 is 10.6 Å². The zero-order chi connectivity index (χ0) is 21.1. The lowest BCUT2D eigenvalue weighted by molar-refractivity contribution is -0.137. The fraction of sp³-hybridized carbons (Fsp3) is 0.850. The van der Waals surface area contributed by atoms with Crippen LogP contribution >= 0.6 is 0 Å². The number of carbonyl (C=O) groups excluding carboxylic acids is 2. The molecule has 0 radical (unpaired) electrons. The predicted octanol–water partition coefficient (Wildman–Crippen LogP) is -0.424. The van der Waals surface area contributed by atoms with Crippen molar-refractivity contribution in [3.05, 3.63) is 0 Å². The molecule has 9 nitrogen and oxygen atoms in total. The highest BCUT2D eigenvalue weighted by Crippen LogP contribution is 2.18. The summed E-state index contributed by atoms with van der Waals surface area (Å²) in [6.45, 7) is 7.74. The monoisotopic (exact) mass is 425 g/mol. The molecular formula is C20H37N5O4. The number of likely N-dealkylation sites (tertiary alicyclic amines) is 1. The quantitative estimate of drug-likeness (QED) is 0.222. The van der Waals surface area contributed by atoms with E-state index in [0.29, 0.717) is 44.9 Å². The number of amides is 2. The molecule has 1 atom stereocenters. The second kappa shape index (κ2) is 12.8. The lowest BCUT2D eigenvalue weighted by atomic mass is 10.4. The minimum atomic E-state index is -0.856. The summed E-state index contributed by atoms with van der Waals surface area (Å²) in [5.41, 5.74) is 0. The van der Waals surface area contributed by atoms with Crippen molar-refractivity contribution < 1.29 is 19.5 Å². The predicted molar refractivity (Wildman–Crippen MR) is 111 cm³/mol. The molecule has 0 aliphatic carbocycles. The summed E-state index contributed by atoms with van der Waals surface area (Å²) < 4.78 is 0. The normalized spacial score (nSPS) is 21.2. The van der Waals surface area contributed by atoms with Crippen LogP contribution in [0.3, 0.4) is 0 Å². The van der Waals surface area contributed by atoms with Crippen LogP contribution in [-0.4, -0.2) is 110 Å². The van der Waals surface area contributed by atoms with Crippen LogP contribution in [0.4, 0.5) is 0 Å². The van der Waals surface area contributed by atoms with Gasteiger partial charge in [0.1, 0.15) is 0 Å². The average molecular weight is 425 g/mol. The number of nitrogens with one attached hydrogen (secondary N) is 2. The van der Waals surface area contributed by atoms with Gasteiger partial charge in [0.15, 0.2) is 0 Å². The molecule has 0 aromatic carbocycles. The molecule has 2 aliphatic rings. The van der Waals surface area contributed by atoms with Crippen LogP contribution in [0.15, 0.2) is 0 Å². The first kappa shape index (κ1) is 23.6. The van der Waals surface area contributed by atoms with Crippen molar-refractivity contribution in [2.24, 2.45) is 0 Å². The molecule has 2 saturated heterocycles. The SMILES string of the molecule is C[15N]1[13CH2][13CH2]N([13CH2][13CH]2CCC[15N]2CC(=O)[15NH][13CH2][13CH2][13CH2][13C](=O)NCCC[13C](=O)O)[13CH2][13CH2]1.